The first-order chi connectivity index (χ1) is 11.2. The maximum Gasteiger partial charge on any atom is 0.243 e. The molecule has 0 aromatic heterocycles. The summed E-state index contributed by atoms with van der Waals surface area (Å²) in [6, 6.07) is 3.98. The van der Waals surface area contributed by atoms with E-state index in [0.29, 0.717) is 36.9 Å². The van der Waals surface area contributed by atoms with Crippen molar-refractivity contribution in [1.82, 2.24) is 5.32 Å². The summed E-state index contributed by atoms with van der Waals surface area (Å²) < 4.78 is 36.6. The fourth-order valence-corrected chi connectivity index (χ4v) is 3.60. The molecule has 0 saturated heterocycles. The Hall–Kier alpha value is -1.96. The van der Waals surface area contributed by atoms with Crippen molar-refractivity contribution in [3.05, 3.63) is 18.2 Å². The lowest BCUT2D eigenvalue weighted by molar-refractivity contribution is -0.121. The molecular formula is C16H24N2O5S. The van der Waals surface area contributed by atoms with E-state index in [0.717, 1.165) is 10.6 Å². The molecule has 1 aromatic carbocycles. The zero-order valence-corrected chi connectivity index (χ0v) is 15.2. The number of carbonyl (C=O) groups is 1. The maximum absolute atomic E-state index is 12.3. The van der Waals surface area contributed by atoms with Gasteiger partial charge in [-0.05, 0) is 25.0 Å². The number of nitrogens with one attached hydrogen (secondary N) is 1. The molecule has 1 N–H and O–H groups in total. The summed E-state index contributed by atoms with van der Waals surface area (Å²) in [6.07, 6.45) is 1.08. The minimum absolute atomic E-state index is 0.280. The molecule has 24 heavy (non-hydrogen) atoms. The zero-order chi connectivity index (χ0) is 17.9. The Bertz CT molecular complexity index is 702. The average Bonchev–Trinajstić information content (AvgIpc) is 2.51. The Kier molecular flexibility index (Phi) is 5.58. The number of fused-ring (bicyclic) bond motifs is 1. The lowest BCUT2D eigenvalue weighted by Crippen LogP contribution is -2.48. The molecule has 2 rings (SSSR count). The predicted molar refractivity (Wildman–Crippen MR) is 92.1 cm³/mol. The van der Waals surface area contributed by atoms with Gasteiger partial charge in [0.2, 0.25) is 15.9 Å². The predicted octanol–water partition coefficient (Wildman–Crippen LogP) is 1.38. The van der Waals surface area contributed by atoms with Gasteiger partial charge in [0, 0.05) is 12.6 Å². The van der Waals surface area contributed by atoms with Crippen LogP contribution in [0.3, 0.4) is 0 Å². The van der Waals surface area contributed by atoms with Crippen molar-refractivity contribution in [3.63, 3.8) is 0 Å². The van der Waals surface area contributed by atoms with Gasteiger partial charge in [0.1, 0.15) is 19.3 Å². The third kappa shape index (κ3) is 4.31. The number of hydrogen-bond acceptors (Lipinski definition) is 5. The highest BCUT2D eigenvalue weighted by molar-refractivity contribution is 7.92. The van der Waals surface area contributed by atoms with Gasteiger partial charge in [-0.3, -0.25) is 9.10 Å². The first kappa shape index (κ1) is 18.4. The molecule has 8 heteroatoms. The van der Waals surface area contributed by atoms with Gasteiger partial charge in [-0.2, -0.15) is 0 Å². The van der Waals surface area contributed by atoms with E-state index in [1.54, 1.807) is 25.1 Å². The number of ether oxygens (including phenoxy) is 2. The number of carbonyl (C=O) groups excluding carboxylic acids is 1. The van der Waals surface area contributed by atoms with Crippen LogP contribution >= 0.6 is 0 Å². The smallest absolute Gasteiger partial charge is 0.243 e. The van der Waals surface area contributed by atoms with Crippen molar-refractivity contribution < 1.29 is 22.7 Å². The van der Waals surface area contributed by atoms with Crippen molar-refractivity contribution >= 4 is 21.6 Å². The van der Waals surface area contributed by atoms with Crippen LogP contribution in [0.25, 0.3) is 0 Å². The highest BCUT2D eigenvalue weighted by Gasteiger charge is 2.30. The molecule has 1 aliphatic rings. The van der Waals surface area contributed by atoms with Crippen LogP contribution in [0, 0.1) is 5.92 Å². The Labute approximate surface area is 143 Å². The van der Waals surface area contributed by atoms with Crippen molar-refractivity contribution in [2.75, 3.05) is 30.3 Å². The summed E-state index contributed by atoms with van der Waals surface area (Å²) in [4.78, 5) is 12.3. The lowest BCUT2D eigenvalue weighted by Gasteiger charge is -2.29. The zero-order valence-electron chi connectivity index (χ0n) is 14.4. The number of nitrogens with zero attached hydrogens (tertiary/aromatic N) is 1. The molecular weight excluding hydrogens is 332 g/mol. The number of anilines is 1. The molecule has 1 heterocycles. The minimum Gasteiger partial charge on any atom is -0.486 e. The second-order valence-electron chi connectivity index (χ2n) is 6.20. The van der Waals surface area contributed by atoms with E-state index in [9.17, 15) is 13.2 Å². The Balaban J connectivity index is 2.30. The fraction of sp³-hybridized carbons (Fsp3) is 0.562. The highest BCUT2D eigenvalue weighted by atomic mass is 32.2. The standard InChI is InChI=1S/C16H24N2O5S/c1-11(2)10-17-16(19)12(3)18(24(4,20)21)13-5-6-14-15(9-13)23-8-7-22-14/h5-6,9,11-12H,7-8,10H2,1-4H3,(H,17,19)/t12-/m0/s1. The number of sulfonamides is 1. The normalized spacial score (nSPS) is 15.0. The van der Waals surface area contributed by atoms with Gasteiger partial charge in [-0.1, -0.05) is 13.8 Å². The van der Waals surface area contributed by atoms with Crippen LogP contribution in [0.4, 0.5) is 5.69 Å². The average molecular weight is 356 g/mol. The third-order valence-corrected chi connectivity index (χ3v) is 4.79. The minimum atomic E-state index is -3.65. The van der Waals surface area contributed by atoms with Gasteiger partial charge in [-0.25, -0.2) is 8.42 Å². The van der Waals surface area contributed by atoms with Crippen LogP contribution in [0.1, 0.15) is 20.8 Å². The quantitative estimate of drug-likeness (QED) is 0.832. The van der Waals surface area contributed by atoms with Crippen LogP contribution in [0.5, 0.6) is 11.5 Å². The molecule has 0 spiro atoms. The summed E-state index contributed by atoms with van der Waals surface area (Å²) in [5.41, 5.74) is 0.369. The molecule has 0 bridgehead atoms. The first-order valence-electron chi connectivity index (χ1n) is 7.87. The first-order valence-corrected chi connectivity index (χ1v) is 9.71. The van der Waals surface area contributed by atoms with Gasteiger partial charge in [-0.15, -0.1) is 0 Å². The fourth-order valence-electron chi connectivity index (χ4n) is 2.43. The van der Waals surface area contributed by atoms with E-state index >= 15 is 0 Å². The Morgan fingerprint density at radius 1 is 1.21 bits per heavy atom. The van der Waals surface area contributed by atoms with E-state index in [2.05, 4.69) is 5.32 Å². The van der Waals surface area contributed by atoms with Gasteiger partial charge in [0.15, 0.2) is 11.5 Å². The lowest BCUT2D eigenvalue weighted by atomic mass is 10.2. The number of benzene rings is 1. The molecule has 0 aliphatic carbocycles. The van der Waals surface area contributed by atoms with Gasteiger partial charge >= 0.3 is 0 Å². The van der Waals surface area contributed by atoms with Crippen LogP contribution in [-0.2, 0) is 14.8 Å². The van der Waals surface area contributed by atoms with Crippen LogP contribution < -0.4 is 19.1 Å². The van der Waals surface area contributed by atoms with Crippen molar-refractivity contribution in [2.24, 2.45) is 5.92 Å². The summed E-state index contributed by atoms with van der Waals surface area (Å²) in [6.45, 7) is 6.85. The van der Waals surface area contributed by atoms with Crippen molar-refractivity contribution in [1.29, 1.82) is 0 Å². The van der Waals surface area contributed by atoms with E-state index in [-0.39, 0.29) is 11.8 Å². The molecule has 0 radical (unpaired) electrons. The maximum atomic E-state index is 12.3. The summed E-state index contributed by atoms with van der Waals surface area (Å²) in [5, 5.41) is 2.77. The van der Waals surface area contributed by atoms with Gasteiger partial charge in [0.25, 0.3) is 0 Å². The molecule has 0 saturated carbocycles. The Morgan fingerprint density at radius 2 is 1.83 bits per heavy atom. The second-order valence-corrected chi connectivity index (χ2v) is 8.06. The monoisotopic (exact) mass is 356 g/mol. The van der Waals surface area contributed by atoms with Gasteiger partial charge < -0.3 is 14.8 Å². The molecule has 1 aliphatic heterocycles. The number of hydrogen-bond donors (Lipinski definition) is 1. The summed E-state index contributed by atoms with van der Waals surface area (Å²) in [7, 11) is -3.65. The molecule has 1 amide bonds. The molecule has 7 nitrogen and oxygen atoms in total. The molecule has 134 valence electrons. The second kappa shape index (κ2) is 7.29. The summed E-state index contributed by atoms with van der Waals surface area (Å²) in [5.74, 6) is 0.976. The molecule has 1 aromatic rings. The van der Waals surface area contributed by atoms with E-state index in [1.807, 2.05) is 13.8 Å². The SMILES string of the molecule is CC(C)CNC(=O)[C@H](C)N(c1ccc2c(c1)OCCO2)S(C)(=O)=O. The largest absolute Gasteiger partial charge is 0.486 e. The van der Waals surface area contributed by atoms with Crippen LogP contribution in [-0.4, -0.2) is 46.4 Å². The topological polar surface area (TPSA) is 84.9 Å². The molecule has 0 fully saturated rings. The van der Waals surface area contributed by atoms with Gasteiger partial charge in [0.05, 0.1) is 11.9 Å². The molecule has 0 unspecified atom stereocenters. The van der Waals surface area contributed by atoms with Crippen molar-refractivity contribution in [2.45, 2.75) is 26.8 Å². The van der Waals surface area contributed by atoms with Crippen LogP contribution in [0.15, 0.2) is 18.2 Å². The third-order valence-electron chi connectivity index (χ3n) is 3.55. The highest BCUT2D eigenvalue weighted by Crippen LogP contribution is 2.35. The number of rotatable bonds is 6. The number of amides is 1. The Morgan fingerprint density at radius 3 is 2.42 bits per heavy atom. The molecule has 1 atom stereocenters. The van der Waals surface area contributed by atoms with E-state index in [4.69, 9.17) is 9.47 Å². The van der Waals surface area contributed by atoms with Crippen molar-refractivity contribution in [3.8, 4) is 11.5 Å². The van der Waals surface area contributed by atoms with E-state index < -0.39 is 16.1 Å². The summed E-state index contributed by atoms with van der Waals surface area (Å²) >= 11 is 0. The van der Waals surface area contributed by atoms with E-state index in [1.165, 1.54) is 0 Å². The van der Waals surface area contributed by atoms with Crippen LogP contribution in [0.2, 0.25) is 0 Å².